The predicted molar refractivity (Wildman–Crippen MR) is 56.9 cm³/mol. The first-order chi connectivity index (χ1) is 7.06. The van der Waals surface area contributed by atoms with Gasteiger partial charge in [-0.3, -0.25) is 4.79 Å². The molecule has 0 bridgehead atoms. The molecule has 1 unspecified atom stereocenters. The first-order valence-corrected chi connectivity index (χ1v) is 5.31. The van der Waals surface area contributed by atoms with E-state index in [1.165, 1.54) is 0 Å². The molecule has 6 heteroatoms. The Kier molecular flexibility index (Phi) is 3.80. The Morgan fingerprint density at radius 3 is 2.50 bits per heavy atom. The van der Waals surface area contributed by atoms with Gasteiger partial charge in [-0.25, -0.2) is 8.78 Å². The van der Waals surface area contributed by atoms with Gasteiger partial charge in [-0.15, -0.1) is 12.4 Å². The highest BCUT2D eigenvalue weighted by molar-refractivity contribution is 5.85. The van der Waals surface area contributed by atoms with Crippen molar-refractivity contribution in [2.75, 3.05) is 19.7 Å². The molecule has 0 aromatic heterocycles. The van der Waals surface area contributed by atoms with Crippen LogP contribution < -0.4 is 5.32 Å². The van der Waals surface area contributed by atoms with E-state index >= 15 is 0 Å². The Morgan fingerprint density at radius 1 is 1.44 bits per heavy atom. The largest absolute Gasteiger partial charge is 0.466 e. The summed E-state index contributed by atoms with van der Waals surface area (Å²) in [5.74, 6) is -4.79. The summed E-state index contributed by atoms with van der Waals surface area (Å²) in [6.07, 6.45) is 0.729. The Hall–Kier alpha value is -0.420. The molecule has 2 fully saturated rings. The molecule has 94 valence electrons. The second kappa shape index (κ2) is 4.45. The molecule has 3 nitrogen and oxygen atoms in total. The second-order valence-electron chi connectivity index (χ2n) is 4.21. The Balaban J connectivity index is 0.00000128. The lowest BCUT2D eigenvalue weighted by molar-refractivity contribution is -0.147. The SMILES string of the molecule is CCOC(=O)C1C(F)(F)C12CCNCC2.Cl. The van der Waals surface area contributed by atoms with Crippen molar-refractivity contribution in [2.24, 2.45) is 11.3 Å². The van der Waals surface area contributed by atoms with Gasteiger partial charge < -0.3 is 10.1 Å². The molecule has 1 aliphatic carbocycles. The number of nitrogens with one attached hydrogen (secondary N) is 1. The van der Waals surface area contributed by atoms with Gasteiger partial charge in [0.1, 0.15) is 5.92 Å². The average molecular weight is 256 g/mol. The molecule has 0 aromatic rings. The van der Waals surface area contributed by atoms with E-state index in [-0.39, 0.29) is 19.0 Å². The monoisotopic (exact) mass is 255 g/mol. The fourth-order valence-corrected chi connectivity index (χ4v) is 2.60. The molecule has 2 aliphatic rings. The zero-order valence-corrected chi connectivity index (χ0v) is 9.91. The van der Waals surface area contributed by atoms with Gasteiger partial charge >= 0.3 is 5.97 Å². The van der Waals surface area contributed by atoms with Gasteiger partial charge in [0.05, 0.1) is 12.0 Å². The number of alkyl halides is 2. The van der Waals surface area contributed by atoms with Crippen LogP contribution in [0.1, 0.15) is 19.8 Å². The minimum absolute atomic E-state index is 0. The maximum Gasteiger partial charge on any atom is 0.315 e. The standard InChI is InChI=1S/C10H15F2NO2.ClH/c1-2-15-8(14)7-9(10(7,11)12)3-5-13-6-4-9;/h7,13H,2-6H2,1H3;1H. The van der Waals surface area contributed by atoms with Crippen LogP contribution in [0, 0.1) is 11.3 Å². The third-order valence-electron chi connectivity index (χ3n) is 3.51. The molecule has 0 radical (unpaired) electrons. The van der Waals surface area contributed by atoms with Crippen molar-refractivity contribution >= 4 is 18.4 Å². The average Bonchev–Trinajstić information content (AvgIpc) is 2.63. The molecule has 2 rings (SSSR count). The van der Waals surface area contributed by atoms with E-state index in [2.05, 4.69) is 10.1 Å². The summed E-state index contributed by atoms with van der Waals surface area (Å²) < 4.78 is 31.9. The molecule has 1 saturated carbocycles. The summed E-state index contributed by atoms with van der Waals surface area (Å²) in [5, 5.41) is 3.02. The highest BCUT2D eigenvalue weighted by Crippen LogP contribution is 2.70. The zero-order chi connectivity index (χ0) is 11.1. The number of hydrogen-bond donors (Lipinski definition) is 1. The van der Waals surface area contributed by atoms with Gasteiger partial charge in [0.15, 0.2) is 0 Å². The third kappa shape index (κ3) is 1.70. The molecular weight excluding hydrogens is 240 g/mol. The molecule has 1 spiro atoms. The van der Waals surface area contributed by atoms with Crippen molar-refractivity contribution in [1.29, 1.82) is 0 Å². The van der Waals surface area contributed by atoms with Crippen molar-refractivity contribution in [1.82, 2.24) is 5.32 Å². The highest BCUT2D eigenvalue weighted by atomic mass is 35.5. The summed E-state index contributed by atoms with van der Waals surface area (Å²) >= 11 is 0. The predicted octanol–water partition coefficient (Wildman–Crippen LogP) is 1.61. The molecule has 0 aromatic carbocycles. The van der Waals surface area contributed by atoms with Crippen LogP contribution in [-0.4, -0.2) is 31.6 Å². The van der Waals surface area contributed by atoms with Crippen molar-refractivity contribution in [3.63, 3.8) is 0 Å². The lowest BCUT2D eigenvalue weighted by Gasteiger charge is -2.22. The van der Waals surface area contributed by atoms with Gasteiger partial charge in [0, 0.05) is 0 Å². The van der Waals surface area contributed by atoms with Gasteiger partial charge in [-0.1, -0.05) is 0 Å². The van der Waals surface area contributed by atoms with Crippen molar-refractivity contribution in [2.45, 2.75) is 25.7 Å². The topological polar surface area (TPSA) is 38.3 Å². The van der Waals surface area contributed by atoms with Crippen LogP contribution in [-0.2, 0) is 9.53 Å². The van der Waals surface area contributed by atoms with Crippen molar-refractivity contribution < 1.29 is 18.3 Å². The minimum atomic E-state index is -2.86. The van der Waals surface area contributed by atoms with E-state index < -0.39 is 23.2 Å². The number of esters is 1. The molecular formula is C10H16ClF2NO2. The number of piperidine rings is 1. The number of hydrogen-bond acceptors (Lipinski definition) is 3. The summed E-state index contributed by atoms with van der Waals surface area (Å²) in [6.45, 7) is 2.92. The van der Waals surface area contributed by atoms with Gasteiger partial charge in [0.2, 0.25) is 0 Å². The molecule has 1 atom stereocenters. The second-order valence-corrected chi connectivity index (χ2v) is 4.21. The zero-order valence-electron chi connectivity index (χ0n) is 9.09. The fourth-order valence-electron chi connectivity index (χ4n) is 2.60. The molecule has 1 heterocycles. The molecule has 1 saturated heterocycles. The summed E-state index contributed by atoms with van der Waals surface area (Å²) in [7, 11) is 0. The maximum atomic E-state index is 13.6. The summed E-state index contributed by atoms with van der Waals surface area (Å²) in [4.78, 5) is 11.4. The Labute approximate surface area is 99.3 Å². The van der Waals surface area contributed by atoms with Gasteiger partial charge in [-0.2, -0.15) is 0 Å². The van der Waals surface area contributed by atoms with E-state index in [1.54, 1.807) is 6.92 Å². The van der Waals surface area contributed by atoms with Crippen LogP contribution in [0.2, 0.25) is 0 Å². The highest BCUT2D eigenvalue weighted by Gasteiger charge is 2.83. The number of rotatable bonds is 2. The molecule has 1 aliphatic heterocycles. The van der Waals surface area contributed by atoms with E-state index in [1.807, 2.05) is 0 Å². The lowest BCUT2D eigenvalue weighted by atomic mass is 9.91. The number of carbonyl (C=O) groups excluding carboxylic acids is 1. The fraction of sp³-hybridized carbons (Fsp3) is 0.900. The van der Waals surface area contributed by atoms with E-state index in [0.717, 1.165) is 0 Å². The van der Waals surface area contributed by atoms with Crippen LogP contribution in [0.3, 0.4) is 0 Å². The van der Waals surface area contributed by atoms with E-state index in [9.17, 15) is 13.6 Å². The number of carbonyl (C=O) groups is 1. The number of halogens is 3. The Bertz CT molecular complexity index is 280. The van der Waals surface area contributed by atoms with Gasteiger partial charge in [0.25, 0.3) is 5.92 Å². The van der Waals surface area contributed by atoms with Crippen LogP contribution in [0.25, 0.3) is 0 Å². The molecule has 16 heavy (non-hydrogen) atoms. The van der Waals surface area contributed by atoms with Gasteiger partial charge in [-0.05, 0) is 32.9 Å². The molecule has 0 amide bonds. The third-order valence-corrected chi connectivity index (χ3v) is 3.51. The van der Waals surface area contributed by atoms with Crippen LogP contribution in [0.4, 0.5) is 8.78 Å². The normalized spacial score (nSPS) is 29.3. The lowest BCUT2D eigenvalue weighted by Crippen LogP contribution is -2.32. The number of ether oxygens (including phenoxy) is 1. The van der Waals surface area contributed by atoms with E-state index in [0.29, 0.717) is 25.9 Å². The maximum absolute atomic E-state index is 13.6. The first-order valence-electron chi connectivity index (χ1n) is 5.31. The Morgan fingerprint density at radius 2 is 2.00 bits per heavy atom. The van der Waals surface area contributed by atoms with Crippen LogP contribution in [0.15, 0.2) is 0 Å². The summed E-state index contributed by atoms with van der Waals surface area (Å²) in [6, 6.07) is 0. The smallest absolute Gasteiger partial charge is 0.315 e. The minimum Gasteiger partial charge on any atom is -0.466 e. The summed E-state index contributed by atoms with van der Waals surface area (Å²) in [5.41, 5.74) is -1.11. The molecule has 1 N–H and O–H groups in total. The van der Waals surface area contributed by atoms with Crippen molar-refractivity contribution in [3.05, 3.63) is 0 Å². The quantitative estimate of drug-likeness (QED) is 0.762. The van der Waals surface area contributed by atoms with Crippen LogP contribution in [0.5, 0.6) is 0 Å². The van der Waals surface area contributed by atoms with E-state index in [4.69, 9.17) is 0 Å². The first kappa shape index (κ1) is 13.6. The van der Waals surface area contributed by atoms with Crippen molar-refractivity contribution in [3.8, 4) is 0 Å². The van der Waals surface area contributed by atoms with Crippen LogP contribution >= 0.6 is 12.4 Å².